The maximum Gasteiger partial charge on any atom is 0.336 e. The summed E-state index contributed by atoms with van der Waals surface area (Å²) in [5.41, 5.74) is 10.3. The third-order valence-corrected chi connectivity index (χ3v) is 4.32. The number of hydrogen-bond donors (Lipinski definition) is 4. The van der Waals surface area contributed by atoms with Crippen molar-refractivity contribution in [3.8, 4) is 0 Å². The number of anilines is 2. The fourth-order valence-corrected chi connectivity index (χ4v) is 2.69. The molecule has 11 nitrogen and oxygen atoms in total. The molecule has 8 N–H and O–H groups in total. The van der Waals surface area contributed by atoms with Crippen molar-refractivity contribution in [3.05, 3.63) is 5.82 Å². The first kappa shape index (κ1) is 23.5. The van der Waals surface area contributed by atoms with E-state index in [-0.39, 0.29) is 11.9 Å². The van der Waals surface area contributed by atoms with E-state index in [1.165, 1.54) is 44.9 Å². The van der Waals surface area contributed by atoms with Gasteiger partial charge in [-0.2, -0.15) is 25.0 Å². The fraction of sp³-hybridized carbons (Fsp3) is 0.706. The van der Waals surface area contributed by atoms with E-state index < -0.39 is 12.1 Å². The number of amides is 4. The molecule has 0 atom stereocenters. The first-order chi connectivity index (χ1) is 13.4. The second-order valence-corrected chi connectivity index (χ2v) is 6.70. The molecule has 0 bridgehead atoms. The van der Waals surface area contributed by atoms with E-state index in [0.717, 1.165) is 19.3 Å². The van der Waals surface area contributed by atoms with Crippen LogP contribution >= 0.6 is 0 Å². The molecule has 0 aliphatic heterocycles. The van der Waals surface area contributed by atoms with Gasteiger partial charge in [-0.15, -0.1) is 0 Å². The van der Waals surface area contributed by atoms with E-state index in [0.29, 0.717) is 22.3 Å². The summed E-state index contributed by atoms with van der Waals surface area (Å²) in [6.07, 6.45) is 12.5. The van der Waals surface area contributed by atoms with Gasteiger partial charge in [0.25, 0.3) is 11.9 Å². The molecule has 11 heteroatoms. The van der Waals surface area contributed by atoms with Gasteiger partial charge in [-0.25, -0.2) is 21.3 Å². The standard InChI is InChI=1S/C17H33N9O2/c1-2-3-4-5-6-7-8-9-10-11-12-13-22-16(25(20)14(18)27)24-17(23-13)26(21)15(19)28/h2-12,20-21H2,1H3,(H2,18,27)(H2,19,28). The van der Waals surface area contributed by atoms with Crippen LogP contribution in [-0.4, -0.2) is 27.0 Å². The number of unbranched alkanes of at least 4 members (excludes halogenated alkanes) is 9. The van der Waals surface area contributed by atoms with Crippen LogP contribution in [0.4, 0.5) is 21.5 Å². The monoisotopic (exact) mass is 395 g/mol. The summed E-state index contributed by atoms with van der Waals surface area (Å²) in [6.45, 7) is 2.22. The Morgan fingerprint density at radius 3 is 1.50 bits per heavy atom. The molecule has 1 heterocycles. The number of nitrogens with two attached hydrogens (primary N) is 4. The van der Waals surface area contributed by atoms with Crippen LogP contribution in [0, 0.1) is 0 Å². The van der Waals surface area contributed by atoms with E-state index >= 15 is 0 Å². The molecule has 4 amide bonds. The Balaban J connectivity index is 2.53. The van der Waals surface area contributed by atoms with Gasteiger partial charge in [-0.3, -0.25) is 0 Å². The quantitative estimate of drug-likeness (QED) is 0.170. The largest absolute Gasteiger partial charge is 0.350 e. The Hall–Kier alpha value is -2.53. The summed E-state index contributed by atoms with van der Waals surface area (Å²) in [6, 6.07) is -1.91. The van der Waals surface area contributed by atoms with Crippen LogP contribution < -0.4 is 33.2 Å². The third kappa shape index (κ3) is 8.44. The average Bonchev–Trinajstić information content (AvgIpc) is 2.67. The number of aromatic nitrogens is 3. The maximum absolute atomic E-state index is 11.3. The van der Waals surface area contributed by atoms with Crippen LogP contribution in [-0.2, 0) is 6.42 Å². The van der Waals surface area contributed by atoms with Gasteiger partial charge in [0.15, 0.2) is 0 Å². The zero-order valence-electron chi connectivity index (χ0n) is 16.6. The van der Waals surface area contributed by atoms with Gasteiger partial charge in [-0.05, 0) is 6.42 Å². The molecule has 0 aliphatic rings. The zero-order chi connectivity index (χ0) is 20.9. The van der Waals surface area contributed by atoms with E-state index in [9.17, 15) is 9.59 Å². The number of carbonyl (C=O) groups is 2. The molecule has 1 aromatic rings. The van der Waals surface area contributed by atoms with Crippen molar-refractivity contribution in [3.63, 3.8) is 0 Å². The van der Waals surface area contributed by atoms with Gasteiger partial charge < -0.3 is 11.5 Å². The van der Waals surface area contributed by atoms with Gasteiger partial charge in [0.1, 0.15) is 5.82 Å². The van der Waals surface area contributed by atoms with Gasteiger partial charge in [0, 0.05) is 6.42 Å². The number of carbonyl (C=O) groups excluding carboxylic acids is 2. The average molecular weight is 396 g/mol. The molecule has 1 rings (SSSR count). The Labute approximate surface area is 165 Å². The number of hydrogen-bond acceptors (Lipinski definition) is 7. The van der Waals surface area contributed by atoms with Crippen molar-refractivity contribution < 1.29 is 9.59 Å². The second kappa shape index (κ2) is 12.8. The van der Waals surface area contributed by atoms with Gasteiger partial charge in [0.2, 0.25) is 0 Å². The lowest BCUT2D eigenvalue weighted by Gasteiger charge is -2.16. The molecule has 0 unspecified atom stereocenters. The van der Waals surface area contributed by atoms with E-state index in [2.05, 4.69) is 21.9 Å². The molecule has 0 radical (unpaired) electrons. The van der Waals surface area contributed by atoms with Gasteiger partial charge in [0.05, 0.1) is 0 Å². The smallest absolute Gasteiger partial charge is 0.336 e. The van der Waals surface area contributed by atoms with E-state index in [1.54, 1.807) is 0 Å². The maximum atomic E-state index is 11.3. The summed E-state index contributed by atoms with van der Waals surface area (Å²) in [4.78, 5) is 34.6. The molecule has 0 fully saturated rings. The van der Waals surface area contributed by atoms with Crippen molar-refractivity contribution in [1.29, 1.82) is 0 Å². The Kier molecular flexibility index (Phi) is 10.7. The molecule has 28 heavy (non-hydrogen) atoms. The minimum Gasteiger partial charge on any atom is -0.350 e. The minimum atomic E-state index is -0.954. The molecule has 0 spiro atoms. The number of primary amides is 2. The van der Waals surface area contributed by atoms with Crippen LogP contribution in [0.15, 0.2) is 0 Å². The summed E-state index contributed by atoms with van der Waals surface area (Å²) < 4.78 is 0. The second-order valence-electron chi connectivity index (χ2n) is 6.70. The normalized spacial score (nSPS) is 10.7. The Morgan fingerprint density at radius 2 is 1.11 bits per heavy atom. The van der Waals surface area contributed by atoms with Gasteiger partial charge in [-0.1, -0.05) is 64.7 Å². The highest BCUT2D eigenvalue weighted by Gasteiger charge is 2.19. The highest BCUT2D eigenvalue weighted by Crippen LogP contribution is 2.14. The summed E-state index contributed by atoms with van der Waals surface area (Å²) in [7, 11) is 0. The van der Waals surface area contributed by atoms with Gasteiger partial charge >= 0.3 is 12.1 Å². The number of hydrazine groups is 2. The molecule has 0 saturated heterocycles. The lowest BCUT2D eigenvalue weighted by molar-refractivity contribution is 0.253. The highest BCUT2D eigenvalue weighted by atomic mass is 16.2. The third-order valence-electron chi connectivity index (χ3n) is 4.32. The molecular weight excluding hydrogens is 362 g/mol. The highest BCUT2D eigenvalue weighted by molar-refractivity contribution is 5.89. The topological polar surface area (TPSA) is 183 Å². The lowest BCUT2D eigenvalue weighted by atomic mass is 10.1. The lowest BCUT2D eigenvalue weighted by Crippen LogP contribution is -2.45. The van der Waals surface area contributed by atoms with Crippen LogP contribution in [0.5, 0.6) is 0 Å². The van der Waals surface area contributed by atoms with Crippen molar-refractivity contribution >= 4 is 24.0 Å². The predicted octanol–water partition coefficient (Wildman–Crippen LogP) is 1.85. The fourth-order valence-electron chi connectivity index (χ4n) is 2.69. The van der Waals surface area contributed by atoms with Crippen molar-refractivity contribution in [2.45, 2.75) is 77.6 Å². The number of urea groups is 2. The van der Waals surface area contributed by atoms with Crippen molar-refractivity contribution in [2.24, 2.45) is 23.2 Å². The zero-order valence-corrected chi connectivity index (χ0v) is 16.6. The van der Waals surface area contributed by atoms with E-state index in [1.807, 2.05) is 0 Å². The first-order valence-electron chi connectivity index (χ1n) is 9.80. The predicted molar refractivity (Wildman–Crippen MR) is 108 cm³/mol. The number of nitrogens with zero attached hydrogens (tertiary/aromatic N) is 5. The van der Waals surface area contributed by atoms with Crippen LogP contribution in [0.1, 0.15) is 77.0 Å². The number of aryl methyl sites for hydroxylation is 1. The van der Waals surface area contributed by atoms with Crippen LogP contribution in [0.2, 0.25) is 0 Å². The first-order valence-corrected chi connectivity index (χ1v) is 9.80. The van der Waals surface area contributed by atoms with Crippen molar-refractivity contribution in [1.82, 2.24) is 15.0 Å². The molecule has 0 saturated carbocycles. The molecule has 1 aromatic heterocycles. The molecule has 0 aliphatic carbocycles. The van der Waals surface area contributed by atoms with Crippen molar-refractivity contribution in [2.75, 3.05) is 10.0 Å². The Morgan fingerprint density at radius 1 is 0.714 bits per heavy atom. The molecule has 158 valence electrons. The summed E-state index contributed by atoms with van der Waals surface area (Å²) in [5, 5.41) is 1.12. The van der Waals surface area contributed by atoms with Crippen LogP contribution in [0.3, 0.4) is 0 Å². The van der Waals surface area contributed by atoms with Crippen LogP contribution in [0.25, 0.3) is 0 Å². The summed E-state index contributed by atoms with van der Waals surface area (Å²) >= 11 is 0. The SMILES string of the molecule is CCCCCCCCCCCCc1nc(N(N)C(N)=O)nc(N(N)C(N)=O)n1. The number of rotatable bonds is 13. The molecular formula is C17H33N9O2. The molecule has 0 aromatic carbocycles. The minimum absolute atomic E-state index is 0.198. The van der Waals surface area contributed by atoms with E-state index in [4.69, 9.17) is 23.2 Å². The Bertz CT molecular complexity index is 588. The summed E-state index contributed by atoms with van der Waals surface area (Å²) in [5.74, 6) is 11.0.